The Bertz CT molecular complexity index is 859. The number of nitrogens with zero attached hydrogens (tertiary/aromatic N) is 2. The van der Waals surface area contributed by atoms with Crippen LogP contribution >= 0.6 is 11.3 Å². The fourth-order valence-corrected chi connectivity index (χ4v) is 4.06. The number of hydrogen-bond acceptors (Lipinski definition) is 4. The maximum Gasteiger partial charge on any atom is 0.227 e. The van der Waals surface area contributed by atoms with Gasteiger partial charge in [-0.25, -0.2) is 4.98 Å². The molecule has 0 saturated heterocycles. The minimum atomic E-state index is -0.0148. The van der Waals surface area contributed by atoms with Crippen molar-refractivity contribution in [3.63, 3.8) is 0 Å². The van der Waals surface area contributed by atoms with Gasteiger partial charge in [-0.3, -0.25) is 9.78 Å². The molecule has 4 rings (SSSR count). The third-order valence-electron chi connectivity index (χ3n) is 4.69. The zero-order valence-corrected chi connectivity index (χ0v) is 15.3. The van der Waals surface area contributed by atoms with Crippen LogP contribution in [-0.2, 0) is 11.2 Å². The molecule has 0 bridgehead atoms. The van der Waals surface area contributed by atoms with Gasteiger partial charge in [0.05, 0.1) is 11.6 Å². The SMILES string of the molecule is O=C(NCCc1csc(-c2ccncc2)n1)C(c1ccccc1)C1CC1. The molecule has 132 valence electrons. The lowest BCUT2D eigenvalue weighted by molar-refractivity contribution is -0.123. The summed E-state index contributed by atoms with van der Waals surface area (Å²) in [6.07, 6.45) is 6.60. The monoisotopic (exact) mass is 363 g/mol. The molecule has 0 aliphatic heterocycles. The van der Waals surface area contributed by atoms with Crippen molar-refractivity contribution < 1.29 is 4.79 Å². The van der Waals surface area contributed by atoms with E-state index in [1.807, 2.05) is 30.3 Å². The van der Waals surface area contributed by atoms with E-state index in [0.717, 1.165) is 41.1 Å². The molecule has 0 spiro atoms. The first-order valence-corrected chi connectivity index (χ1v) is 9.86. The fraction of sp³-hybridized carbons (Fsp3) is 0.286. The van der Waals surface area contributed by atoms with Crippen LogP contribution in [0.25, 0.3) is 10.6 Å². The predicted octanol–water partition coefficient (Wildman–Crippen LogP) is 4.06. The Morgan fingerprint density at radius 1 is 1.15 bits per heavy atom. The maximum atomic E-state index is 12.7. The summed E-state index contributed by atoms with van der Waals surface area (Å²) in [4.78, 5) is 21.4. The highest BCUT2D eigenvalue weighted by atomic mass is 32.1. The van der Waals surface area contributed by atoms with Crippen molar-refractivity contribution in [1.82, 2.24) is 15.3 Å². The van der Waals surface area contributed by atoms with Crippen molar-refractivity contribution in [2.75, 3.05) is 6.54 Å². The van der Waals surface area contributed by atoms with Crippen molar-refractivity contribution >= 4 is 17.2 Å². The van der Waals surface area contributed by atoms with Crippen LogP contribution in [-0.4, -0.2) is 22.4 Å². The third-order valence-corrected chi connectivity index (χ3v) is 5.63. The van der Waals surface area contributed by atoms with E-state index in [4.69, 9.17) is 0 Å². The van der Waals surface area contributed by atoms with Gasteiger partial charge in [-0.2, -0.15) is 0 Å². The lowest BCUT2D eigenvalue weighted by Crippen LogP contribution is -2.32. The zero-order chi connectivity index (χ0) is 17.8. The number of hydrogen-bond donors (Lipinski definition) is 1. The molecule has 1 aliphatic carbocycles. The van der Waals surface area contributed by atoms with E-state index >= 15 is 0 Å². The summed E-state index contributed by atoms with van der Waals surface area (Å²) >= 11 is 1.63. The van der Waals surface area contributed by atoms with Crippen molar-refractivity contribution in [3.8, 4) is 10.6 Å². The van der Waals surface area contributed by atoms with Gasteiger partial charge in [0, 0.05) is 36.3 Å². The average molecular weight is 363 g/mol. The molecular weight excluding hydrogens is 342 g/mol. The van der Waals surface area contributed by atoms with Gasteiger partial charge < -0.3 is 5.32 Å². The number of rotatable bonds is 7. The van der Waals surface area contributed by atoms with E-state index in [-0.39, 0.29) is 11.8 Å². The van der Waals surface area contributed by atoms with Gasteiger partial charge in [0.15, 0.2) is 0 Å². The minimum absolute atomic E-state index is 0.0148. The first kappa shape index (κ1) is 16.9. The predicted molar refractivity (Wildman–Crippen MR) is 104 cm³/mol. The van der Waals surface area contributed by atoms with Gasteiger partial charge in [0.25, 0.3) is 0 Å². The summed E-state index contributed by atoms with van der Waals surface area (Å²) in [6.45, 7) is 0.619. The van der Waals surface area contributed by atoms with E-state index in [2.05, 4.69) is 32.8 Å². The molecule has 1 saturated carbocycles. The Hall–Kier alpha value is -2.53. The Morgan fingerprint density at radius 3 is 2.65 bits per heavy atom. The second-order valence-electron chi connectivity index (χ2n) is 6.65. The zero-order valence-electron chi connectivity index (χ0n) is 14.5. The van der Waals surface area contributed by atoms with E-state index in [1.54, 1.807) is 23.7 Å². The molecule has 2 aromatic heterocycles. The summed E-state index contributed by atoms with van der Waals surface area (Å²) in [7, 11) is 0. The molecule has 0 radical (unpaired) electrons. The molecular formula is C21H21N3OS. The van der Waals surface area contributed by atoms with Gasteiger partial charge in [0.1, 0.15) is 5.01 Å². The molecule has 3 aromatic rings. The Balaban J connectivity index is 1.34. The number of aromatic nitrogens is 2. The molecule has 1 N–H and O–H groups in total. The number of amides is 1. The average Bonchev–Trinajstić information content (AvgIpc) is 3.40. The largest absolute Gasteiger partial charge is 0.355 e. The molecule has 5 heteroatoms. The van der Waals surface area contributed by atoms with Crippen LogP contribution < -0.4 is 5.32 Å². The number of nitrogens with one attached hydrogen (secondary N) is 1. The highest BCUT2D eigenvalue weighted by Crippen LogP contribution is 2.42. The van der Waals surface area contributed by atoms with E-state index in [0.29, 0.717) is 12.5 Å². The Morgan fingerprint density at radius 2 is 1.92 bits per heavy atom. The number of pyridine rings is 1. The standard InChI is InChI=1S/C21H21N3OS/c25-20(19(16-6-7-16)15-4-2-1-3-5-15)23-13-10-18-14-26-21(24-18)17-8-11-22-12-9-17/h1-5,8-9,11-12,14,16,19H,6-7,10,13H2,(H,23,25). The number of carbonyl (C=O) groups is 1. The summed E-state index contributed by atoms with van der Waals surface area (Å²) < 4.78 is 0. The van der Waals surface area contributed by atoms with Gasteiger partial charge in [-0.1, -0.05) is 30.3 Å². The van der Waals surface area contributed by atoms with Crippen molar-refractivity contribution in [1.29, 1.82) is 0 Å². The topological polar surface area (TPSA) is 54.9 Å². The Kier molecular flexibility index (Phi) is 5.07. The molecule has 2 heterocycles. The minimum Gasteiger partial charge on any atom is -0.355 e. The van der Waals surface area contributed by atoms with Gasteiger partial charge in [-0.05, 0) is 36.5 Å². The second kappa shape index (κ2) is 7.79. The van der Waals surface area contributed by atoms with Crippen molar-refractivity contribution in [2.24, 2.45) is 5.92 Å². The maximum absolute atomic E-state index is 12.7. The highest BCUT2D eigenvalue weighted by Gasteiger charge is 2.36. The number of thiazole rings is 1. The fourth-order valence-electron chi connectivity index (χ4n) is 3.20. The smallest absolute Gasteiger partial charge is 0.227 e. The van der Waals surface area contributed by atoms with E-state index in [9.17, 15) is 4.79 Å². The summed E-state index contributed by atoms with van der Waals surface area (Å²) in [5.41, 5.74) is 3.23. The first-order chi connectivity index (χ1) is 12.8. The molecule has 1 aromatic carbocycles. The van der Waals surface area contributed by atoms with E-state index in [1.165, 1.54) is 0 Å². The van der Waals surface area contributed by atoms with Crippen molar-refractivity contribution in [2.45, 2.75) is 25.2 Å². The second-order valence-corrected chi connectivity index (χ2v) is 7.50. The molecule has 1 aliphatic rings. The van der Waals surface area contributed by atoms with Crippen LogP contribution in [0.15, 0.2) is 60.2 Å². The van der Waals surface area contributed by atoms with Crippen LogP contribution in [0.3, 0.4) is 0 Å². The molecule has 1 fully saturated rings. The van der Waals surface area contributed by atoms with Gasteiger partial charge in [-0.15, -0.1) is 11.3 Å². The number of benzene rings is 1. The van der Waals surface area contributed by atoms with Crippen LogP contribution in [0.2, 0.25) is 0 Å². The number of carbonyl (C=O) groups excluding carboxylic acids is 1. The van der Waals surface area contributed by atoms with Crippen LogP contribution in [0.1, 0.15) is 30.0 Å². The molecule has 4 nitrogen and oxygen atoms in total. The normalized spacial score (nSPS) is 14.8. The van der Waals surface area contributed by atoms with Crippen LogP contribution in [0.4, 0.5) is 0 Å². The highest BCUT2D eigenvalue weighted by molar-refractivity contribution is 7.13. The molecule has 1 unspecified atom stereocenters. The third kappa shape index (κ3) is 3.99. The van der Waals surface area contributed by atoms with Gasteiger partial charge in [0.2, 0.25) is 5.91 Å². The van der Waals surface area contributed by atoms with Crippen LogP contribution in [0, 0.1) is 5.92 Å². The summed E-state index contributed by atoms with van der Waals surface area (Å²) in [5, 5.41) is 6.18. The molecule has 1 amide bonds. The van der Waals surface area contributed by atoms with Crippen LogP contribution in [0.5, 0.6) is 0 Å². The summed E-state index contributed by atoms with van der Waals surface area (Å²) in [6, 6.07) is 14.1. The quantitative estimate of drug-likeness (QED) is 0.689. The lowest BCUT2D eigenvalue weighted by atomic mass is 9.93. The lowest BCUT2D eigenvalue weighted by Gasteiger charge is -2.16. The molecule has 1 atom stereocenters. The first-order valence-electron chi connectivity index (χ1n) is 8.99. The molecule has 26 heavy (non-hydrogen) atoms. The van der Waals surface area contributed by atoms with E-state index < -0.39 is 0 Å². The summed E-state index contributed by atoms with van der Waals surface area (Å²) in [5.74, 6) is 0.622. The Labute approximate surface area is 157 Å². The van der Waals surface area contributed by atoms with Gasteiger partial charge >= 0.3 is 0 Å². The van der Waals surface area contributed by atoms with Crippen molar-refractivity contribution in [3.05, 3.63) is 71.5 Å².